The number of amides is 3. The maximum atomic E-state index is 14.1. The number of nitrogens with two attached hydrogens (primary N) is 1. The summed E-state index contributed by atoms with van der Waals surface area (Å²) in [5, 5.41) is 24.1. The number of hydrogen-bond donors (Lipinski definition) is 7. The molecule has 0 radical (unpaired) electrons. The van der Waals surface area contributed by atoms with Gasteiger partial charge >= 0.3 is 29.3 Å². The maximum Gasteiger partial charge on any atom is 0.325 e. The highest BCUT2D eigenvalue weighted by atomic mass is 32.2. The Labute approximate surface area is 385 Å². The van der Waals surface area contributed by atoms with E-state index in [-0.39, 0.29) is 37.3 Å². The van der Waals surface area contributed by atoms with Gasteiger partial charge in [0.15, 0.2) is 0 Å². The molecule has 0 saturated carbocycles. The first-order valence-electron chi connectivity index (χ1n) is 22.5. The van der Waals surface area contributed by atoms with Crippen LogP contribution in [-0.4, -0.2) is 103 Å². The van der Waals surface area contributed by atoms with Crippen molar-refractivity contribution in [1.29, 1.82) is 0 Å². The lowest BCUT2D eigenvalue weighted by atomic mass is 9.83. The molecule has 7 atom stereocenters. The maximum absolute atomic E-state index is 14.1. The summed E-state index contributed by atoms with van der Waals surface area (Å²) in [5.41, 5.74) is 8.26. The number of nitrogens with one attached hydrogen (secondary N) is 3. The van der Waals surface area contributed by atoms with E-state index >= 15 is 0 Å². The van der Waals surface area contributed by atoms with Gasteiger partial charge in [-0.15, -0.1) is 11.8 Å². The van der Waals surface area contributed by atoms with Crippen LogP contribution in [0.4, 0.5) is 0 Å². The average Bonchev–Trinajstić information content (AvgIpc) is 3.21. The first kappa shape index (κ1) is 56.3. The minimum Gasteiger partial charge on any atom is -0.487 e. The number of benzene rings is 1. The first-order chi connectivity index (χ1) is 30.0. The Balaban J connectivity index is 2.22. The van der Waals surface area contributed by atoms with E-state index in [2.05, 4.69) is 54.8 Å². The number of carboxylic acid groups (broad SMARTS) is 2. The van der Waals surface area contributed by atoms with Crippen LogP contribution in [0.3, 0.4) is 0 Å². The summed E-state index contributed by atoms with van der Waals surface area (Å²) >= 11 is -1.75. The molecule has 19 heteroatoms. The van der Waals surface area contributed by atoms with Gasteiger partial charge < -0.3 is 41.4 Å². The van der Waals surface area contributed by atoms with E-state index in [1.54, 1.807) is 0 Å². The molecule has 64 heavy (non-hydrogen) atoms. The zero-order valence-electron chi connectivity index (χ0n) is 39.0. The van der Waals surface area contributed by atoms with Gasteiger partial charge in [-0.2, -0.15) is 4.21 Å². The molecule has 8 N–H and O–H groups in total. The molecule has 1 aliphatic heterocycles. The first-order valence-corrected chi connectivity index (χ1v) is 24.5. The van der Waals surface area contributed by atoms with Crippen LogP contribution in [0, 0.1) is 38.5 Å². The normalized spacial score (nSPS) is 17.5. The van der Waals surface area contributed by atoms with Crippen LogP contribution in [0.2, 0.25) is 0 Å². The number of rotatable bonds is 31. The summed E-state index contributed by atoms with van der Waals surface area (Å²) < 4.78 is 37.2. The quantitative estimate of drug-likeness (QED) is 0.0204. The summed E-state index contributed by atoms with van der Waals surface area (Å²) in [5.74, 6) is -2.90. The number of carboxylic acids is 2. The Bertz CT molecular complexity index is 1760. The molecule has 0 saturated heterocycles. The van der Waals surface area contributed by atoms with Crippen LogP contribution in [-0.2, 0) is 50.7 Å². The van der Waals surface area contributed by atoms with Gasteiger partial charge in [0.2, 0.25) is 17.7 Å². The van der Waals surface area contributed by atoms with Crippen LogP contribution in [0.1, 0.15) is 140 Å². The zero-order valence-corrected chi connectivity index (χ0v) is 40.6. The van der Waals surface area contributed by atoms with Crippen LogP contribution >= 0.6 is 11.8 Å². The fourth-order valence-electron chi connectivity index (χ4n) is 7.69. The second-order valence-corrected chi connectivity index (χ2v) is 19.9. The fraction of sp³-hybridized carbons (Fsp3) is 0.733. The number of hydrogen-bond acceptors (Lipinski definition) is 12. The van der Waals surface area contributed by atoms with Crippen LogP contribution in [0.15, 0.2) is 0 Å². The van der Waals surface area contributed by atoms with E-state index in [9.17, 15) is 33.0 Å². The van der Waals surface area contributed by atoms with Crippen LogP contribution in [0.25, 0.3) is 0 Å². The number of ether oxygens (including phenoxy) is 2. The lowest BCUT2D eigenvalue weighted by molar-refractivity contribution is -0.139. The smallest absolute Gasteiger partial charge is 0.325 e. The molecule has 0 bridgehead atoms. The Morgan fingerprint density at radius 2 is 1.50 bits per heavy atom. The van der Waals surface area contributed by atoms with E-state index in [1.807, 2.05) is 20.8 Å². The molecule has 0 aliphatic carbocycles. The Morgan fingerprint density at radius 3 is 2.09 bits per heavy atom. The number of carbonyl (C=O) groups excluding carboxylic acids is 4. The number of carbonyl (C=O) groups is 6. The molecule has 7 unspecified atom stereocenters. The van der Waals surface area contributed by atoms with Crippen molar-refractivity contribution in [2.24, 2.45) is 23.5 Å². The molecule has 0 spiro atoms. The standard InChI is InChI=1S/C45H74N4O13S2/c1-27(2)12-9-13-28(3)14-10-15-29(4)16-11-20-45(8)21-19-33-32(7)40(30(5)31(6)41(33)62-45)61-44(57)36(24-38(51)47-22-23-60-64(58)59)63-26-35(42(54)48-25-39(52)53)49-37(50)18-17-34(46)43(55)56/h27-29,34-36H,9-26,46H2,1-8H3,(H,47,51)(H,48,54)(H,49,50)(H,52,53)(H,55,56)(H,58,59). The van der Waals surface area contributed by atoms with Crippen molar-refractivity contribution in [3.8, 4) is 11.5 Å². The molecule has 17 nitrogen and oxygen atoms in total. The number of aliphatic carboxylic acids is 2. The number of esters is 1. The van der Waals surface area contributed by atoms with Crippen molar-refractivity contribution in [1.82, 2.24) is 16.0 Å². The van der Waals surface area contributed by atoms with Gasteiger partial charge in [-0.05, 0) is 94.2 Å². The van der Waals surface area contributed by atoms with E-state index in [0.29, 0.717) is 29.2 Å². The van der Waals surface area contributed by atoms with Gasteiger partial charge in [-0.3, -0.25) is 37.5 Å². The predicted molar refractivity (Wildman–Crippen MR) is 246 cm³/mol. The number of thioether (sulfide) groups is 1. The molecule has 1 aromatic rings. The van der Waals surface area contributed by atoms with Gasteiger partial charge in [-0.1, -0.05) is 72.6 Å². The largest absolute Gasteiger partial charge is 0.487 e. The summed E-state index contributed by atoms with van der Waals surface area (Å²) in [6.07, 6.45) is 11.1. The van der Waals surface area contributed by atoms with Gasteiger partial charge in [0.25, 0.3) is 0 Å². The third kappa shape index (κ3) is 20.6. The fourth-order valence-corrected chi connectivity index (χ4v) is 9.03. The van der Waals surface area contributed by atoms with Crippen molar-refractivity contribution in [2.75, 3.05) is 25.4 Å². The molecular weight excluding hydrogens is 869 g/mol. The summed E-state index contributed by atoms with van der Waals surface area (Å²) in [6.45, 7) is 15.8. The van der Waals surface area contributed by atoms with Crippen LogP contribution < -0.4 is 31.2 Å². The SMILES string of the molecule is Cc1c(C)c2c(c(C)c1OC(=O)C(CC(=O)NCCOS(=O)O)SCC(NC(=O)CCC(N)C(=O)O)C(=O)NCC(=O)O)CCC(C)(CCCC(C)CCCC(C)CCCC(C)C)O2. The van der Waals surface area contributed by atoms with Gasteiger partial charge in [-0.25, -0.2) is 0 Å². The third-order valence-corrected chi connectivity index (χ3v) is 13.5. The molecule has 364 valence electrons. The molecule has 0 aromatic heterocycles. The molecule has 1 aliphatic rings. The summed E-state index contributed by atoms with van der Waals surface area (Å²) in [4.78, 5) is 75.3. The third-order valence-electron chi connectivity index (χ3n) is 11.8. The van der Waals surface area contributed by atoms with Gasteiger partial charge in [0, 0.05) is 30.7 Å². The highest BCUT2D eigenvalue weighted by Crippen LogP contribution is 2.45. The Kier molecular flexibility index (Phi) is 24.9. The summed E-state index contributed by atoms with van der Waals surface area (Å²) in [6, 6.07) is -2.75. The van der Waals surface area contributed by atoms with E-state index in [4.69, 9.17) is 30.0 Å². The van der Waals surface area contributed by atoms with E-state index < -0.39 is 77.3 Å². The Hall–Kier alpha value is -3.78. The van der Waals surface area contributed by atoms with E-state index in [0.717, 1.165) is 66.2 Å². The van der Waals surface area contributed by atoms with Gasteiger partial charge in [0.05, 0.1) is 6.61 Å². The van der Waals surface area contributed by atoms with Crippen LogP contribution in [0.5, 0.6) is 11.5 Å². The lowest BCUT2D eigenvalue weighted by Gasteiger charge is -2.38. The van der Waals surface area contributed by atoms with Gasteiger partial charge in [0.1, 0.15) is 41.0 Å². The van der Waals surface area contributed by atoms with E-state index in [1.165, 1.54) is 38.5 Å². The van der Waals surface area contributed by atoms with Crippen molar-refractivity contribution in [3.05, 3.63) is 22.3 Å². The molecule has 0 fully saturated rings. The van der Waals surface area contributed by atoms with Crippen molar-refractivity contribution >= 4 is 58.8 Å². The second-order valence-electron chi connectivity index (χ2n) is 18.0. The van der Waals surface area contributed by atoms with Crippen molar-refractivity contribution < 1.29 is 61.4 Å². The predicted octanol–water partition coefficient (Wildman–Crippen LogP) is 5.68. The lowest BCUT2D eigenvalue weighted by Crippen LogP contribution is -2.50. The molecule has 1 heterocycles. The van der Waals surface area contributed by atoms with Crippen molar-refractivity contribution in [2.45, 2.75) is 168 Å². The number of fused-ring (bicyclic) bond motifs is 1. The average molecular weight is 943 g/mol. The topological polar surface area (TPSA) is 270 Å². The summed E-state index contributed by atoms with van der Waals surface area (Å²) in [7, 11) is 0. The molecular formula is C45H74N4O13S2. The minimum atomic E-state index is -2.55. The monoisotopic (exact) mass is 942 g/mol. The second kappa shape index (κ2) is 28.3. The minimum absolute atomic E-state index is 0.162. The van der Waals surface area contributed by atoms with Crippen molar-refractivity contribution in [3.63, 3.8) is 0 Å². The highest BCUT2D eigenvalue weighted by Gasteiger charge is 2.36. The highest BCUT2D eigenvalue weighted by molar-refractivity contribution is 8.00. The molecule has 3 amide bonds. The molecule has 1 aromatic carbocycles. The molecule has 2 rings (SSSR count). The Morgan fingerprint density at radius 1 is 0.875 bits per heavy atom. The zero-order chi connectivity index (χ0) is 48.1.